The molecule has 0 saturated carbocycles. The molecule has 0 spiro atoms. The molecule has 3 aromatic heterocycles. The van der Waals surface area contributed by atoms with Crippen LogP contribution < -0.4 is 5.56 Å². The first-order chi connectivity index (χ1) is 15.7. The summed E-state index contributed by atoms with van der Waals surface area (Å²) in [5.74, 6) is 0. The van der Waals surface area contributed by atoms with Gasteiger partial charge in [-0.05, 0) is 35.9 Å². The molecule has 0 fully saturated rings. The molecule has 0 aliphatic heterocycles. The normalized spacial score (nSPS) is 11.5. The third-order valence-corrected chi connectivity index (χ3v) is 5.91. The largest absolute Gasteiger partial charge is 0.294 e. The second-order valence-corrected chi connectivity index (χ2v) is 7.93. The maximum Gasteiger partial charge on any atom is 0.265 e. The molecular weight excluding hydrogens is 422 g/mol. The van der Waals surface area contributed by atoms with Gasteiger partial charge in [0.15, 0.2) is 11.3 Å². The molecule has 3 heterocycles. The number of benzene rings is 3. The zero-order valence-electron chi connectivity index (χ0n) is 16.8. The van der Waals surface area contributed by atoms with E-state index in [-0.39, 0.29) is 5.56 Å². The molecule has 0 aliphatic rings. The zero-order valence-corrected chi connectivity index (χ0v) is 17.6. The molecule has 7 heteroatoms. The van der Waals surface area contributed by atoms with Crippen LogP contribution in [-0.2, 0) is 6.54 Å². The second kappa shape index (κ2) is 7.28. The van der Waals surface area contributed by atoms with Crippen molar-refractivity contribution in [3.8, 4) is 5.69 Å². The van der Waals surface area contributed by atoms with Gasteiger partial charge in [-0.2, -0.15) is 0 Å². The molecule has 0 amide bonds. The molecule has 3 aromatic carbocycles. The van der Waals surface area contributed by atoms with E-state index >= 15 is 0 Å². The average Bonchev–Trinajstić information content (AvgIpc) is 3.15. The van der Waals surface area contributed by atoms with E-state index < -0.39 is 0 Å². The highest BCUT2D eigenvalue weighted by atomic mass is 35.5. The Balaban J connectivity index is 1.70. The van der Waals surface area contributed by atoms with Crippen molar-refractivity contribution in [3.05, 3.63) is 106 Å². The number of hydrogen-bond acceptors (Lipinski definition) is 4. The van der Waals surface area contributed by atoms with Gasteiger partial charge in [0, 0.05) is 10.7 Å². The number of para-hydroxylation sites is 3. The number of aromatic nitrogens is 5. The Morgan fingerprint density at radius 2 is 1.47 bits per heavy atom. The lowest BCUT2D eigenvalue weighted by Crippen LogP contribution is -2.21. The van der Waals surface area contributed by atoms with E-state index in [9.17, 15) is 4.79 Å². The van der Waals surface area contributed by atoms with Gasteiger partial charge in [0.25, 0.3) is 5.56 Å². The lowest BCUT2D eigenvalue weighted by molar-refractivity contribution is 0.747. The average molecular weight is 438 g/mol. The summed E-state index contributed by atoms with van der Waals surface area (Å²) in [6, 6.07) is 24.9. The smallest absolute Gasteiger partial charge is 0.265 e. The quantitative estimate of drug-likeness (QED) is 0.391. The third-order valence-electron chi connectivity index (χ3n) is 5.54. The van der Waals surface area contributed by atoms with Gasteiger partial charge >= 0.3 is 0 Å². The van der Waals surface area contributed by atoms with Crippen molar-refractivity contribution in [1.29, 1.82) is 0 Å². The van der Waals surface area contributed by atoms with Crippen LogP contribution in [0.15, 0.2) is 90.0 Å². The first kappa shape index (κ1) is 18.7. The van der Waals surface area contributed by atoms with Gasteiger partial charge in [0.1, 0.15) is 17.2 Å². The van der Waals surface area contributed by atoms with Crippen molar-refractivity contribution in [3.63, 3.8) is 0 Å². The molecule has 6 aromatic rings. The van der Waals surface area contributed by atoms with E-state index in [1.54, 1.807) is 10.9 Å². The molecule has 32 heavy (non-hydrogen) atoms. The maximum atomic E-state index is 13.6. The Hall–Kier alpha value is -4.03. The molecule has 154 valence electrons. The number of fused-ring (bicyclic) bond motifs is 4. The number of halogens is 1. The summed E-state index contributed by atoms with van der Waals surface area (Å²) in [6.45, 7) is 0.320. The van der Waals surface area contributed by atoms with Gasteiger partial charge in [-0.1, -0.05) is 60.1 Å². The van der Waals surface area contributed by atoms with Gasteiger partial charge in [-0.15, -0.1) is 0 Å². The minimum Gasteiger partial charge on any atom is -0.294 e. The summed E-state index contributed by atoms with van der Waals surface area (Å²) < 4.78 is 3.46. The van der Waals surface area contributed by atoms with Gasteiger partial charge in [0.2, 0.25) is 0 Å². The Bertz CT molecular complexity index is 1690. The van der Waals surface area contributed by atoms with Crippen LogP contribution in [0.5, 0.6) is 0 Å². The highest BCUT2D eigenvalue weighted by Gasteiger charge is 2.21. The van der Waals surface area contributed by atoms with E-state index in [1.807, 2.05) is 83.4 Å². The Morgan fingerprint density at radius 3 is 2.25 bits per heavy atom. The topological polar surface area (TPSA) is 65.6 Å². The summed E-state index contributed by atoms with van der Waals surface area (Å²) in [5.41, 5.74) is 4.69. The van der Waals surface area contributed by atoms with Crippen molar-refractivity contribution in [2.24, 2.45) is 0 Å². The van der Waals surface area contributed by atoms with Gasteiger partial charge in [0.05, 0.1) is 17.6 Å². The molecule has 0 aliphatic carbocycles. The minimum absolute atomic E-state index is 0.181. The molecule has 0 bridgehead atoms. The maximum absolute atomic E-state index is 13.6. The Morgan fingerprint density at radius 1 is 0.781 bits per heavy atom. The van der Waals surface area contributed by atoms with Crippen molar-refractivity contribution in [2.75, 3.05) is 0 Å². The van der Waals surface area contributed by atoms with Crippen molar-refractivity contribution < 1.29 is 0 Å². The molecule has 0 radical (unpaired) electrons. The zero-order chi connectivity index (χ0) is 21.7. The van der Waals surface area contributed by atoms with E-state index in [1.165, 1.54) is 0 Å². The van der Waals surface area contributed by atoms with E-state index in [0.29, 0.717) is 33.8 Å². The monoisotopic (exact) mass is 437 g/mol. The van der Waals surface area contributed by atoms with E-state index in [4.69, 9.17) is 21.6 Å². The third kappa shape index (κ3) is 2.88. The van der Waals surface area contributed by atoms with Gasteiger partial charge in [-0.3, -0.25) is 13.9 Å². The lowest BCUT2D eigenvalue weighted by atomic mass is 10.2. The van der Waals surface area contributed by atoms with Crippen LogP contribution in [0.1, 0.15) is 5.56 Å². The molecule has 0 atom stereocenters. The second-order valence-electron chi connectivity index (χ2n) is 7.52. The highest BCUT2D eigenvalue weighted by molar-refractivity contribution is 6.31. The van der Waals surface area contributed by atoms with Crippen LogP contribution in [0.2, 0.25) is 5.02 Å². The summed E-state index contributed by atoms with van der Waals surface area (Å²) >= 11 is 6.33. The molecule has 0 saturated heterocycles. The van der Waals surface area contributed by atoms with E-state index in [0.717, 1.165) is 22.3 Å². The number of rotatable bonds is 3. The molecule has 6 rings (SSSR count). The van der Waals surface area contributed by atoms with Crippen LogP contribution in [-0.4, -0.2) is 24.1 Å². The predicted octanol–water partition coefficient (Wildman–Crippen LogP) is 4.99. The Kier molecular flexibility index (Phi) is 4.26. The molecule has 0 unspecified atom stereocenters. The molecule has 0 N–H and O–H groups in total. The summed E-state index contributed by atoms with van der Waals surface area (Å²) in [4.78, 5) is 28.0. The Labute approximate surface area is 187 Å². The fraction of sp³-hybridized carbons (Fsp3) is 0.0400. The fourth-order valence-electron chi connectivity index (χ4n) is 4.02. The van der Waals surface area contributed by atoms with Crippen LogP contribution in [0.4, 0.5) is 0 Å². The lowest BCUT2D eigenvalue weighted by Gasteiger charge is -2.08. The van der Waals surface area contributed by atoms with Crippen molar-refractivity contribution >= 4 is 44.8 Å². The van der Waals surface area contributed by atoms with Crippen molar-refractivity contribution in [1.82, 2.24) is 24.1 Å². The van der Waals surface area contributed by atoms with Crippen LogP contribution in [0.3, 0.4) is 0 Å². The summed E-state index contributed by atoms with van der Waals surface area (Å²) in [5, 5.41) is 1.05. The standard InChI is InChI=1S/C25H16ClN5O/c26-18-11-5-4-8-16(18)14-30-15-27-23-21(25(30)32)22-24(31(23)17-9-2-1-3-10-17)29-20-13-7-6-12-19(20)28-22/h1-13,15H,14H2. The number of nitrogens with zero attached hydrogens (tertiary/aromatic N) is 5. The van der Waals surface area contributed by atoms with Crippen LogP contribution in [0, 0.1) is 0 Å². The van der Waals surface area contributed by atoms with Gasteiger partial charge < -0.3 is 0 Å². The minimum atomic E-state index is -0.181. The first-order valence-corrected chi connectivity index (χ1v) is 10.5. The predicted molar refractivity (Wildman–Crippen MR) is 126 cm³/mol. The molecule has 6 nitrogen and oxygen atoms in total. The number of hydrogen-bond donors (Lipinski definition) is 0. The van der Waals surface area contributed by atoms with Crippen LogP contribution >= 0.6 is 11.6 Å². The van der Waals surface area contributed by atoms with Crippen LogP contribution in [0.25, 0.3) is 38.9 Å². The summed E-state index contributed by atoms with van der Waals surface area (Å²) in [7, 11) is 0. The highest BCUT2D eigenvalue weighted by Crippen LogP contribution is 2.28. The summed E-state index contributed by atoms with van der Waals surface area (Å²) in [6.07, 6.45) is 1.56. The molecular formula is C25H16ClN5O. The van der Waals surface area contributed by atoms with E-state index in [2.05, 4.69) is 4.98 Å². The van der Waals surface area contributed by atoms with Gasteiger partial charge in [-0.25, -0.2) is 15.0 Å². The fourth-order valence-corrected chi connectivity index (χ4v) is 4.21. The SMILES string of the molecule is O=c1c2c3nc4ccccc4nc3n(-c3ccccc3)c2ncn1Cc1ccccc1Cl. The first-order valence-electron chi connectivity index (χ1n) is 10.2. The van der Waals surface area contributed by atoms with Crippen molar-refractivity contribution in [2.45, 2.75) is 6.54 Å².